The Kier molecular flexibility index (Phi) is 3.89. The SMILES string of the molecule is CC(C)OCC1(CN2C3CCC2CC(CN)C3)CC1. The van der Waals surface area contributed by atoms with Crippen LogP contribution in [0.1, 0.15) is 52.4 Å². The number of rotatable bonds is 6. The van der Waals surface area contributed by atoms with Gasteiger partial charge < -0.3 is 10.5 Å². The molecule has 1 aliphatic carbocycles. The number of nitrogens with two attached hydrogens (primary N) is 1. The molecule has 3 fully saturated rings. The summed E-state index contributed by atoms with van der Waals surface area (Å²) in [5.41, 5.74) is 6.38. The number of hydrogen-bond acceptors (Lipinski definition) is 3. The minimum Gasteiger partial charge on any atom is -0.378 e. The fourth-order valence-electron chi connectivity index (χ4n) is 4.09. The van der Waals surface area contributed by atoms with E-state index in [0.717, 1.165) is 31.2 Å². The lowest BCUT2D eigenvalue weighted by atomic mass is 9.89. The molecule has 2 unspecified atom stereocenters. The summed E-state index contributed by atoms with van der Waals surface area (Å²) in [6.07, 6.45) is 8.61. The van der Waals surface area contributed by atoms with Crippen molar-refractivity contribution in [3.63, 3.8) is 0 Å². The van der Waals surface area contributed by atoms with Crippen LogP contribution in [-0.4, -0.2) is 42.8 Å². The van der Waals surface area contributed by atoms with Gasteiger partial charge in [0.15, 0.2) is 0 Å². The summed E-state index contributed by atoms with van der Waals surface area (Å²) in [4.78, 5) is 2.82. The maximum absolute atomic E-state index is 5.90. The van der Waals surface area contributed by atoms with E-state index in [9.17, 15) is 0 Å². The summed E-state index contributed by atoms with van der Waals surface area (Å²) >= 11 is 0. The molecule has 0 amide bonds. The topological polar surface area (TPSA) is 38.5 Å². The Bertz CT molecular complexity index is 300. The van der Waals surface area contributed by atoms with Crippen molar-refractivity contribution in [2.75, 3.05) is 19.7 Å². The van der Waals surface area contributed by atoms with Crippen molar-refractivity contribution in [1.29, 1.82) is 0 Å². The van der Waals surface area contributed by atoms with Crippen molar-refractivity contribution < 1.29 is 4.74 Å². The largest absolute Gasteiger partial charge is 0.378 e. The van der Waals surface area contributed by atoms with Crippen LogP contribution < -0.4 is 5.73 Å². The maximum Gasteiger partial charge on any atom is 0.0538 e. The normalized spacial score (nSPS) is 36.9. The molecule has 19 heavy (non-hydrogen) atoms. The van der Waals surface area contributed by atoms with E-state index in [2.05, 4.69) is 18.7 Å². The molecule has 0 aromatic rings. The highest BCUT2D eigenvalue weighted by atomic mass is 16.5. The molecule has 2 saturated heterocycles. The summed E-state index contributed by atoms with van der Waals surface area (Å²) in [7, 11) is 0. The van der Waals surface area contributed by atoms with Crippen LogP contribution in [0, 0.1) is 11.3 Å². The van der Waals surface area contributed by atoms with Gasteiger partial charge in [0.25, 0.3) is 0 Å². The van der Waals surface area contributed by atoms with Gasteiger partial charge in [-0.2, -0.15) is 0 Å². The number of hydrogen-bond donors (Lipinski definition) is 1. The third kappa shape index (κ3) is 2.98. The highest BCUT2D eigenvalue weighted by Crippen LogP contribution is 2.50. The van der Waals surface area contributed by atoms with Crippen LogP contribution >= 0.6 is 0 Å². The van der Waals surface area contributed by atoms with Gasteiger partial charge in [-0.05, 0) is 64.8 Å². The zero-order valence-electron chi connectivity index (χ0n) is 12.6. The quantitative estimate of drug-likeness (QED) is 0.802. The van der Waals surface area contributed by atoms with Gasteiger partial charge in [0.05, 0.1) is 12.7 Å². The summed E-state index contributed by atoms with van der Waals surface area (Å²) in [6, 6.07) is 1.65. The molecule has 2 atom stereocenters. The monoisotopic (exact) mass is 266 g/mol. The van der Waals surface area contributed by atoms with Crippen LogP contribution in [0.3, 0.4) is 0 Å². The average molecular weight is 266 g/mol. The van der Waals surface area contributed by atoms with Crippen LogP contribution in [0.5, 0.6) is 0 Å². The van der Waals surface area contributed by atoms with Gasteiger partial charge in [-0.15, -0.1) is 0 Å². The molecular weight excluding hydrogens is 236 g/mol. The van der Waals surface area contributed by atoms with Crippen molar-refractivity contribution in [3.8, 4) is 0 Å². The highest BCUT2D eigenvalue weighted by Gasteiger charge is 2.49. The highest BCUT2D eigenvalue weighted by molar-refractivity contribution is 5.02. The molecule has 110 valence electrons. The van der Waals surface area contributed by atoms with Crippen molar-refractivity contribution >= 4 is 0 Å². The Morgan fingerprint density at radius 2 is 1.84 bits per heavy atom. The van der Waals surface area contributed by atoms with Gasteiger partial charge in [-0.1, -0.05) is 0 Å². The third-order valence-corrected chi connectivity index (χ3v) is 5.51. The first-order chi connectivity index (χ1) is 9.12. The molecular formula is C16H30N2O. The first-order valence-electron chi connectivity index (χ1n) is 8.19. The predicted octanol–water partition coefficient (Wildman–Crippen LogP) is 2.39. The van der Waals surface area contributed by atoms with Crippen LogP contribution in [0.2, 0.25) is 0 Å². The van der Waals surface area contributed by atoms with Crippen LogP contribution in [0.25, 0.3) is 0 Å². The zero-order chi connectivity index (χ0) is 13.5. The summed E-state index contributed by atoms with van der Waals surface area (Å²) in [5.74, 6) is 0.788. The van der Waals surface area contributed by atoms with Gasteiger partial charge in [-0.25, -0.2) is 0 Å². The molecule has 3 nitrogen and oxygen atoms in total. The van der Waals surface area contributed by atoms with E-state index in [1.807, 2.05) is 0 Å². The van der Waals surface area contributed by atoms with E-state index in [-0.39, 0.29) is 0 Å². The minimum atomic E-state index is 0.372. The van der Waals surface area contributed by atoms with Crippen LogP contribution in [-0.2, 0) is 4.74 Å². The van der Waals surface area contributed by atoms with Crippen molar-refractivity contribution in [3.05, 3.63) is 0 Å². The molecule has 3 rings (SSSR count). The molecule has 0 aromatic heterocycles. The Morgan fingerprint density at radius 1 is 1.21 bits per heavy atom. The third-order valence-electron chi connectivity index (χ3n) is 5.51. The zero-order valence-corrected chi connectivity index (χ0v) is 12.6. The second-order valence-electron chi connectivity index (χ2n) is 7.49. The Hall–Kier alpha value is -0.120. The second kappa shape index (κ2) is 5.34. The Labute approximate surface area is 117 Å². The lowest BCUT2D eigenvalue weighted by Gasteiger charge is -2.40. The number of fused-ring (bicyclic) bond motifs is 2. The molecule has 2 heterocycles. The first kappa shape index (κ1) is 13.8. The van der Waals surface area contributed by atoms with Gasteiger partial charge in [0.1, 0.15) is 0 Å². The van der Waals surface area contributed by atoms with E-state index < -0.39 is 0 Å². The van der Waals surface area contributed by atoms with E-state index >= 15 is 0 Å². The lowest BCUT2D eigenvalue weighted by molar-refractivity contribution is 0.0126. The summed E-state index contributed by atoms with van der Waals surface area (Å²) in [5, 5.41) is 0. The molecule has 0 radical (unpaired) electrons. The number of ether oxygens (including phenoxy) is 1. The molecule has 0 aromatic carbocycles. The molecule has 0 spiro atoms. The van der Waals surface area contributed by atoms with Crippen LogP contribution in [0.4, 0.5) is 0 Å². The Balaban J connectivity index is 1.56. The van der Waals surface area contributed by atoms with Crippen molar-refractivity contribution in [2.24, 2.45) is 17.1 Å². The van der Waals surface area contributed by atoms with Gasteiger partial charge in [0, 0.05) is 24.0 Å². The molecule has 3 heteroatoms. The second-order valence-corrected chi connectivity index (χ2v) is 7.49. The first-order valence-corrected chi connectivity index (χ1v) is 8.19. The molecule has 2 aliphatic heterocycles. The van der Waals surface area contributed by atoms with Gasteiger partial charge in [-0.3, -0.25) is 4.90 Å². The average Bonchev–Trinajstić information content (AvgIpc) is 3.11. The molecule has 2 bridgehead atoms. The van der Waals surface area contributed by atoms with Crippen molar-refractivity contribution in [1.82, 2.24) is 4.90 Å². The number of piperidine rings is 1. The van der Waals surface area contributed by atoms with E-state index in [1.54, 1.807) is 0 Å². The fourth-order valence-corrected chi connectivity index (χ4v) is 4.09. The lowest BCUT2D eigenvalue weighted by Crippen LogP contribution is -2.47. The van der Waals surface area contributed by atoms with Crippen molar-refractivity contribution in [2.45, 2.75) is 70.6 Å². The standard InChI is InChI=1S/C16H30N2O/c1-12(2)19-11-16(5-6-16)10-18-14-3-4-15(18)8-13(7-14)9-17/h12-15H,3-11,17H2,1-2H3. The Morgan fingerprint density at radius 3 is 2.32 bits per heavy atom. The van der Waals surface area contributed by atoms with Crippen LogP contribution in [0.15, 0.2) is 0 Å². The van der Waals surface area contributed by atoms with E-state index in [1.165, 1.54) is 45.1 Å². The molecule has 3 aliphatic rings. The fraction of sp³-hybridized carbons (Fsp3) is 1.00. The van der Waals surface area contributed by atoms with E-state index in [0.29, 0.717) is 11.5 Å². The molecule has 1 saturated carbocycles. The van der Waals surface area contributed by atoms with Gasteiger partial charge in [0.2, 0.25) is 0 Å². The number of nitrogens with zero attached hydrogens (tertiary/aromatic N) is 1. The van der Waals surface area contributed by atoms with E-state index in [4.69, 9.17) is 10.5 Å². The molecule has 2 N–H and O–H groups in total. The summed E-state index contributed by atoms with van der Waals surface area (Å²) in [6.45, 7) is 7.44. The minimum absolute atomic E-state index is 0.372. The summed E-state index contributed by atoms with van der Waals surface area (Å²) < 4.78 is 5.90. The maximum atomic E-state index is 5.90. The smallest absolute Gasteiger partial charge is 0.0538 e. The predicted molar refractivity (Wildman–Crippen MR) is 78.0 cm³/mol. The van der Waals surface area contributed by atoms with Gasteiger partial charge >= 0.3 is 0 Å².